The Balaban J connectivity index is 0. The Morgan fingerprint density at radius 3 is 1.29 bits per heavy atom. The van der Waals surface area contributed by atoms with Gasteiger partial charge >= 0.3 is 0 Å². The number of aliphatic imine (C=N–C) groups is 2. The molecule has 0 spiro atoms. The van der Waals surface area contributed by atoms with Crippen molar-refractivity contribution in [1.29, 1.82) is 0 Å². The maximum Gasteiger partial charge on any atom is 0.135 e. The molecule has 0 saturated heterocycles. The average molecular weight is 283 g/mol. The Morgan fingerprint density at radius 1 is 0.765 bits per heavy atom. The zero-order chi connectivity index (χ0) is 12.6. The smallest absolute Gasteiger partial charge is 0.135 e. The first-order chi connectivity index (χ1) is 7.41. The third-order valence-electron chi connectivity index (χ3n) is 1.87. The monoisotopic (exact) mass is 283 g/mol. The minimum absolute atomic E-state index is 0. The summed E-state index contributed by atoms with van der Waals surface area (Å²) in [4.78, 5) is 30.0. The zero-order valence-electron chi connectivity index (χ0n) is 10.9. The van der Waals surface area contributed by atoms with E-state index in [-0.39, 0.29) is 28.3 Å². The number of nitrogens with zero attached hydrogens (tertiary/aromatic N) is 2. The number of Topliss-reactive ketones (excluding diaryl/α,β-unsaturated/α-hetero) is 2. The molecule has 0 unspecified atom stereocenters. The maximum atomic E-state index is 10.8. The molecular formula is C12H20CoN2O2. The summed E-state index contributed by atoms with van der Waals surface area (Å²) in [5.41, 5.74) is 1.68. The largest absolute Gasteiger partial charge is 0.300 e. The Kier molecular flexibility index (Phi) is 11.3. The van der Waals surface area contributed by atoms with Crippen LogP contribution in [0.15, 0.2) is 9.98 Å². The molecule has 17 heavy (non-hydrogen) atoms. The van der Waals surface area contributed by atoms with Crippen molar-refractivity contribution in [2.24, 2.45) is 9.98 Å². The molecule has 0 aromatic carbocycles. The van der Waals surface area contributed by atoms with Crippen molar-refractivity contribution in [3.05, 3.63) is 0 Å². The van der Waals surface area contributed by atoms with Crippen LogP contribution in [0.2, 0.25) is 0 Å². The molecule has 0 aromatic heterocycles. The van der Waals surface area contributed by atoms with Crippen LogP contribution in [0.25, 0.3) is 0 Å². The number of hydrogen-bond donors (Lipinski definition) is 0. The van der Waals surface area contributed by atoms with Crippen molar-refractivity contribution in [3.8, 4) is 0 Å². The van der Waals surface area contributed by atoms with E-state index < -0.39 is 0 Å². The van der Waals surface area contributed by atoms with E-state index in [4.69, 9.17) is 0 Å². The minimum Gasteiger partial charge on any atom is -0.300 e. The minimum atomic E-state index is 0. The Labute approximate surface area is 113 Å². The number of ketones is 2. The van der Waals surface area contributed by atoms with Crippen LogP contribution in [0.4, 0.5) is 0 Å². The molecule has 0 aromatic rings. The second-order valence-electron chi connectivity index (χ2n) is 3.99. The van der Waals surface area contributed by atoms with Crippen LogP contribution in [-0.2, 0) is 26.4 Å². The van der Waals surface area contributed by atoms with Gasteiger partial charge in [-0.3, -0.25) is 19.6 Å². The number of rotatable bonds is 7. The zero-order valence-corrected chi connectivity index (χ0v) is 11.9. The molecule has 5 heteroatoms. The molecule has 0 atom stereocenters. The van der Waals surface area contributed by atoms with Gasteiger partial charge in [-0.15, -0.1) is 0 Å². The van der Waals surface area contributed by atoms with E-state index in [0.29, 0.717) is 25.9 Å². The summed E-state index contributed by atoms with van der Waals surface area (Å²) in [7, 11) is 0. The van der Waals surface area contributed by atoms with E-state index in [1.807, 2.05) is 13.8 Å². The molecule has 0 fully saturated rings. The van der Waals surface area contributed by atoms with Gasteiger partial charge in [0.05, 0.1) is 13.1 Å². The third kappa shape index (κ3) is 13.1. The van der Waals surface area contributed by atoms with Gasteiger partial charge in [0.1, 0.15) is 11.6 Å². The number of carbonyl (C=O) groups excluding carboxylic acids is 2. The molecular weight excluding hydrogens is 263 g/mol. The Morgan fingerprint density at radius 2 is 1.06 bits per heavy atom. The topological polar surface area (TPSA) is 58.9 Å². The first kappa shape index (κ1) is 18.5. The summed E-state index contributed by atoms with van der Waals surface area (Å²) in [6, 6.07) is 0. The van der Waals surface area contributed by atoms with Gasteiger partial charge < -0.3 is 0 Å². The summed E-state index contributed by atoms with van der Waals surface area (Å²) in [5, 5.41) is 0. The molecule has 4 nitrogen and oxygen atoms in total. The van der Waals surface area contributed by atoms with Crippen molar-refractivity contribution >= 4 is 23.0 Å². The van der Waals surface area contributed by atoms with Crippen molar-refractivity contribution in [1.82, 2.24) is 0 Å². The fraction of sp³-hybridized carbons (Fsp3) is 0.667. The molecule has 0 aliphatic carbocycles. The number of carbonyl (C=O) groups is 2. The van der Waals surface area contributed by atoms with Crippen LogP contribution in [0.1, 0.15) is 40.5 Å². The van der Waals surface area contributed by atoms with Gasteiger partial charge in [0.25, 0.3) is 0 Å². The van der Waals surface area contributed by atoms with Gasteiger partial charge in [-0.1, -0.05) is 0 Å². The predicted molar refractivity (Wildman–Crippen MR) is 66.5 cm³/mol. The summed E-state index contributed by atoms with van der Waals surface area (Å²) in [6.45, 7) is 7.94. The first-order valence-electron chi connectivity index (χ1n) is 5.40. The molecule has 0 aliphatic heterocycles. The second-order valence-corrected chi connectivity index (χ2v) is 3.99. The van der Waals surface area contributed by atoms with Crippen LogP contribution in [0, 0.1) is 0 Å². The molecule has 0 rings (SSSR count). The summed E-state index contributed by atoms with van der Waals surface area (Å²) < 4.78 is 0. The van der Waals surface area contributed by atoms with Crippen LogP contribution in [0.5, 0.6) is 0 Å². The fourth-order valence-corrected chi connectivity index (χ4v) is 1.31. The molecule has 0 saturated carbocycles. The number of hydrogen-bond acceptors (Lipinski definition) is 4. The Hall–Kier alpha value is -0.814. The molecule has 0 bridgehead atoms. The molecule has 99 valence electrons. The predicted octanol–water partition coefficient (Wildman–Crippen LogP) is 1.86. The van der Waals surface area contributed by atoms with E-state index in [1.54, 1.807) is 13.8 Å². The van der Waals surface area contributed by atoms with E-state index in [1.165, 1.54) is 0 Å². The van der Waals surface area contributed by atoms with Crippen LogP contribution in [0.3, 0.4) is 0 Å². The third-order valence-corrected chi connectivity index (χ3v) is 1.87. The normalized spacial score (nSPS) is 12.0. The van der Waals surface area contributed by atoms with Gasteiger partial charge in [-0.05, 0) is 27.7 Å². The van der Waals surface area contributed by atoms with Gasteiger partial charge in [0.2, 0.25) is 0 Å². The van der Waals surface area contributed by atoms with Gasteiger partial charge in [0.15, 0.2) is 0 Å². The molecule has 0 heterocycles. The van der Waals surface area contributed by atoms with E-state index in [2.05, 4.69) is 9.98 Å². The molecule has 1 radical (unpaired) electrons. The summed E-state index contributed by atoms with van der Waals surface area (Å²) in [6.07, 6.45) is 0.826. The maximum absolute atomic E-state index is 10.8. The van der Waals surface area contributed by atoms with Gasteiger partial charge in [0, 0.05) is 41.0 Å². The first-order valence-corrected chi connectivity index (χ1v) is 5.40. The van der Waals surface area contributed by atoms with Crippen LogP contribution < -0.4 is 0 Å². The fourth-order valence-electron chi connectivity index (χ4n) is 1.31. The SMILES string of the molecule is CC(=O)C/C(C)=N/CC/N=C(\C)CC(C)=O.[Co]. The summed E-state index contributed by atoms with van der Waals surface area (Å²) >= 11 is 0. The Bertz CT molecular complexity index is 290. The molecule has 0 N–H and O–H groups in total. The standard InChI is InChI=1S/C12H20N2O2.Co/c1-9(7-11(3)15)13-5-6-14-10(2)8-12(4)16;/h5-8H2,1-4H3;/b13-9+,14-10+;. The molecule has 0 aliphatic rings. The second kappa shape index (κ2) is 10.3. The van der Waals surface area contributed by atoms with Crippen LogP contribution in [-0.4, -0.2) is 36.1 Å². The van der Waals surface area contributed by atoms with Crippen molar-refractivity contribution in [2.45, 2.75) is 40.5 Å². The molecule has 0 amide bonds. The summed E-state index contributed by atoms with van der Waals surface area (Å²) in [5.74, 6) is 0.245. The van der Waals surface area contributed by atoms with Crippen molar-refractivity contribution in [3.63, 3.8) is 0 Å². The quantitative estimate of drug-likeness (QED) is 0.529. The van der Waals surface area contributed by atoms with E-state index >= 15 is 0 Å². The van der Waals surface area contributed by atoms with Crippen molar-refractivity contribution < 1.29 is 26.4 Å². The van der Waals surface area contributed by atoms with E-state index in [9.17, 15) is 9.59 Å². The van der Waals surface area contributed by atoms with E-state index in [0.717, 1.165) is 11.4 Å². The van der Waals surface area contributed by atoms with Crippen molar-refractivity contribution in [2.75, 3.05) is 13.1 Å². The van der Waals surface area contributed by atoms with Gasteiger partial charge in [-0.2, -0.15) is 0 Å². The van der Waals surface area contributed by atoms with Crippen LogP contribution >= 0.6 is 0 Å². The average Bonchev–Trinajstić information content (AvgIpc) is 2.10. The van der Waals surface area contributed by atoms with Gasteiger partial charge in [-0.25, -0.2) is 0 Å².